The molecule has 0 spiro atoms. The van der Waals surface area contributed by atoms with E-state index >= 15 is 0 Å². The number of esters is 1. The Morgan fingerprint density at radius 2 is 2.05 bits per heavy atom. The Labute approximate surface area is 120 Å². The maximum atomic E-state index is 11.5. The molecule has 0 amide bonds. The minimum atomic E-state index is -0.213. The molecule has 1 aliphatic rings. The van der Waals surface area contributed by atoms with E-state index in [1.165, 1.54) is 26.4 Å². The monoisotopic (exact) mass is 277 g/mol. The topological polar surface area (TPSA) is 49.8 Å². The van der Waals surface area contributed by atoms with Crippen molar-refractivity contribution in [3.8, 4) is 0 Å². The molecule has 20 heavy (non-hydrogen) atoms. The van der Waals surface area contributed by atoms with Crippen LogP contribution in [0.1, 0.15) is 30.4 Å². The lowest BCUT2D eigenvalue weighted by atomic mass is 9.90. The van der Waals surface area contributed by atoms with Gasteiger partial charge in [0.2, 0.25) is 0 Å². The molecular weight excluding hydrogens is 254 g/mol. The van der Waals surface area contributed by atoms with E-state index in [4.69, 9.17) is 4.74 Å². The summed E-state index contributed by atoms with van der Waals surface area (Å²) in [4.78, 5) is 13.8. The third-order valence-electron chi connectivity index (χ3n) is 4.03. The quantitative estimate of drug-likeness (QED) is 0.771. The molecule has 2 rings (SSSR count). The highest BCUT2D eigenvalue weighted by Gasteiger charge is 2.25. The number of hydrogen-bond acceptors (Lipinski definition) is 4. The molecule has 0 bridgehead atoms. The summed E-state index contributed by atoms with van der Waals surface area (Å²) < 4.78 is 4.75. The Morgan fingerprint density at radius 3 is 2.60 bits per heavy atom. The predicted molar refractivity (Wildman–Crippen MR) is 77.3 cm³/mol. The zero-order valence-corrected chi connectivity index (χ0v) is 12.0. The second-order valence-corrected chi connectivity index (χ2v) is 5.30. The van der Waals surface area contributed by atoms with Gasteiger partial charge in [-0.2, -0.15) is 0 Å². The van der Waals surface area contributed by atoms with Crippen LogP contribution in [0.4, 0.5) is 0 Å². The summed E-state index contributed by atoms with van der Waals surface area (Å²) in [7, 11) is 1.41. The Bertz CT molecular complexity index is 443. The molecule has 0 aliphatic heterocycles. The lowest BCUT2D eigenvalue weighted by Crippen LogP contribution is -2.41. The lowest BCUT2D eigenvalue weighted by Gasteiger charge is -2.37. The number of rotatable bonds is 7. The van der Waals surface area contributed by atoms with E-state index in [9.17, 15) is 9.90 Å². The number of methoxy groups -OCH3 is 1. The zero-order chi connectivity index (χ0) is 14.4. The van der Waals surface area contributed by atoms with Crippen LogP contribution >= 0.6 is 0 Å². The van der Waals surface area contributed by atoms with E-state index in [1.807, 2.05) is 18.2 Å². The molecule has 4 nitrogen and oxygen atoms in total. The van der Waals surface area contributed by atoms with Gasteiger partial charge in [0.15, 0.2) is 0 Å². The van der Waals surface area contributed by atoms with Crippen molar-refractivity contribution in [3.05, 3.63) is 35.4 Å². The molecule has 1 saturated carbocycles. The Morgan fingerprint density at radius 1 is 1.35 bits per heavy atom. The first kappa shape index (κ1) is 15.0. The van der Waals surface area contributed by atoms with Crippen molar-refractivity contribution >= 4 is 5.97 Å². The molecule has 0 aromatic heterocycles. The fraction of sp³-hybridized carbons (Fsp3) is 0.562. The average molecular weight is 277 g/mol. The first-order valence-corrected chi connectivity index (χ1v) is 7.23. The van der Waals surface area contributed by atoms with Crippen molar-refractivity contribution in [2.45, 2.75) is 38.3 Å². The van der Waals surface area contributed by atoms with Gasteiger partial charge in [0.05, 0.1) is 20.1 Å². The standard InChI is InChI=1S/C16H23NO3/c1-20-16(19)11-13-5-2-3-6-14(13)12-17(9-10-18)15-7-4-8-15/h2-3,5-6,15,18H,4,7-12H2,1H3. The van der Waals surface area contributed by atoms with E-state index in [0.29, 0.717) is 19.0 Å². The molecule has 1 aliphatic carbocycles. The van der Waals surface area contributed by atoms with E-state index in [1.54, 1.807) is 0 Å². The van der Waals surface area contributed by atoms with Crippen molar-refractivity contribution in [2.75, 3.05) is 20.3 Å². The highest BCUT2D eigenvalue weighted by molar-refractivity contribution is 5.72. The van der Waals surface area contributed by atoms with E-state index in [0.717, 1.165) is 17.7 Å². The normalized spacial score (nSPS) is 15.2. The van der Waals surface area contributed by atoms with Crippen molar-refractivity contribution in [1.29, 1.82) is 0 Å². The van der Waals surface area contributed by atoms with Gasteiger partial charge >= 0.3 is 5.97 Å². The van der Waals surface area contributed by atoms with Gasteiger partial charge in [-0.3, -0.25) is 9.69 Å². The molecule has 1 N–H and O–H groups in total. The summed E-state index contributed by atoms with van der Waals surface area (Å²) in [5, 5.41) is 9.22. The van der Waals surface area contributed by atoms with Gasteiger partial charge in [-0.25, -0.2) is 0 Å². The Hall–Kier alpha value is -1.39. The van der Waals surface area contributed by atoms with E-state index < -0.39 is 0 Å². The summed E-state index contributed by atoms with van der Waals surface area (Å²) in [5.74, 6) is -0.213. The number of hydrogen-bond donors (Lipinski definition) is 1. The maximum absolute atomic E-state index is 11.5. The first-order chi connectivity index (χ1) is 9.74. The Balaban J connectivity index is 2.08. The number of benzene rings is 1. The lowest BCUT2D eigenvalue weighted by molar-refractivity contribution is -0.139. The largest absolute Gasteiger partial charge is 0.469 e. The van der Waals surface area contributed by atoms with Crippen molar-refractivity contribution in [2.24, 2.45) is 0 Å². The van der Waals surface area contributed by atoms with Crippen LogP contribution in [-0.4, -0.2) is 42.3 Å². The number of carbonyl (C=O) groups excluding carboxylic acids is 1. The van der Waals surface area contributed by atoms with Gasteiger partial charge < -0.3 is 9.84 Å². The molecule has 0 unspecified atom stereocenters. The molecule has 0 atom stereocenters. The first-order valence-electron chi connectivity index (χ1n) is 7.23. The van der Waals surface area contributed by atoms with Crippen LogP contribution in [-0.2, 0) is 22.5 Å². The van der Waals surface area contributed by atoms with Gasteiger partial charge in [0.25, 0.3) is 0 Å². The number of ether oxygens (including phenoxy) is 1. The number of aliphatic hydroxyl groups is 1. The number of nitrogens with zero attached hydrogens (tertiary/aromatic N) is 1. The minimum absolute atomic E-state index is 0.176. The minimum Gasteiger partial charge on any atom is -0.469 e. The van der Waals surface area contributed by atoms with E-state index in [-0.39, 0.29) is 12.6 Å². The average Bonchev–Trinajstić information content (AvgIpc) is 2.39. The van der Waals surface area contributed by atoms with Gasteiger partial charge in [0.1, 0.15) is 0 Å². The third kappa shape index (κ3) is 3.81. The van der Waals surface area contributed by atoms with Gasteiger partial charge in [-0.15, -0.1) is 0 Å². The second kappa shape index (κ2) is 7.41. The van der Waals surface area contributed by atoms with Crippen LogP contribution in [0.2, 0.25) is 0 Å². The number of aliphatic hydroxyl groups excluding tert-OH is 1. The molecule has 1 fully saturated rings. The van der Waals surface area contributed by atoms with Gasteiger partial charge in [-0.1, -0.05) is 30.7 Å². The van der Waals surface area contributed by atoms with Crippen LogP contribution in [0.3, 0.4) is 0 Å². The number of carbonyl (C=O) groups is 1. The van der Waals surface area contributed by atoms with Crippen LogP contribution in [0.15, 0.2) is 24.3 Å². The smallest absolute Gasteiger partial charge is 0.309 e. The molecule has 4 heteroatoms. The highest BCUT2D eigenvalue weighted by Crippen LogP contribution is 2.26. The molecule has 1 aromatic rings. The summed E-state index contributed by atoms with van der Waals surface area (Å²) in [5.41, 5.74) is 2.17. The predicted octanol–water partition coefficient (Wildman–Crippen LogP) is 1.75. The second-order valence-electron chi connectivity index (χ2n) is 5.30. The van der Waals surface area contributed by atoms with Crippen molar-refractivity contribution in [3.63, 3.8) is 0 Å². The van der Waals surface area contributed by atoms with Crippen LogP contribution in [0.5, 0.6) is 0 Å². The zero-order valence-electron chi connectivity index (χ0n) is 12.0. The molecule has 0 saturated heterocycles. The van der Waals surface area contributed by atoms with Crippen LogP contribution in [0.25, 0.3) is 0 Å². The molecule has 1 aromatic carbocycles. The summed E-state index contributed by atoms with van der Waals surface area (Å²) in [6.07, 6.45) is 4.00. The summed E-state index contributed by atoms with van der Waals surface area (Å²) in [6, 6.07) is 8.55. The fourth-order valence-corrected chi connectivity index (χ4v) is 2.60. The van der Waals surface area contributed by atoms with Crippen molar-refractivity contribution < 1.29 is 14.6 Å². The van der Waals surface area contributed by atoms with Gasteiger partial charge in [-0.05, 0) is 24.0 Å². The molecule has 0 radical (unpaired) electrons. The fourth-order valence-electron chi connectivity index (χ4n) is 2.60. The van der Waals surface area contributed by atoms with Gasteiger partial charge in [0, 0.05) is 19.1 Å². The van der Waals surface area contributed by atoms with Crippen molar-refractivity contribution in [1.82, 2.24) is 4.90 Å². The molecule has 110 valence electrons. The summed E-state index contributed by atoms with van der Waals surface area (Å²) in [6.45, 7) is 1.66. The maximum Gasteiger partial charge on any atom is 0.309 e. The summed E-state index contributed by atoms with van der Waals surface area (Å²) >= 11 is 0. The Kier molecular flexibility index (Phi) is 5.56. The SMILES string of the molecule is COC(=O)Cc1ccccc1CN(CCO)C1CCC1. The molecule has 0 heterocycles. The van der Waals surface area contributed by atoms with E-state index in [2.05, 4.69) is 11.0 Å². The third-order valence-corrected chi connectivity index (χ3v) is 4.03. The highest BCUT2D eigenvalue weighted by atomic mass is 16.5. The molecular formula is C16H23NO3. The van der Waals surface area contributed by atoms with Crippen LogP contribution < -0.4 is 0 Å². The van der Waals surface area contributed by atoms with Crippen LogP contribution in [0, 0.1) is 0 Å².